The molecule has 0 N–H and O–H groups in total. The maximum Gasteiger partial charge on any atom is 0.0240 e. The van der Waals surface area contributed by atoms with Crippen LogP contribution in [0.5, 0.6) is 0 Å². The van der Waals surface area contributed by atoms with Gasteiger partial charge in [-0.05, 0) is 23.6 Å². The minimum atomic E-state index is 0.962. The van der Waals surface area contributed by atoms with Crippen molar-refractivity contribution in [3.8, 4) is 0 Å². The Morgan fingerprint density at radius 1 is 0.565 bits per heavy atom. The summed E-state index contributed by atoms with van der Waals surface area (Å²) in [5, 5.41) is 0. The first-order valence-electron chi connectivity index (χ1n) is 8.15. The van der Waals surface area contributed by atoms with Gasteiger partial charge in [0.2, 0.25) is 0 Å². The van der Waals surface area contributed by atoms with Crippen LogP contribution in [0.15, 0.2) is 84.9 Å². The zero-order chi connectivity index (χ0) is 15.9. The molecule has 0 amide bonds. The minimum absolute atomic E-state index is 0.962. The fourth-order valence-corrected chi connectivity index (χ4v) is 2.92. The molecule has 0 heterocycles. The monoisotopic (exact) mass is 301 g/mol. The van der Waals surface area contributed by atoms with E-state index in [0.29, 0.717) is 0 Å². The summed E-state index contributed by atoms with van der Waals surface area (Å²) in [6.07, 6.45) is 0. The SMILES string of the molecule is Cc1cccc(CN(Cc2ccccc2)Cc2ccccc2)c1. The van der Waals surface area contributed by atoms with E-state index in [-0.39, 0.29) is 0 Å². The standard InChI is InChI=1S/C22H23N/c1-19-9-8-14-22(15-19)18-23(16-20-10-4-2-5-11-20)17-21-12-6-3-7-13-21/h2-15H,16-18H2,1H3. The second kappa shape index (κ2) is 7.75. The minimum Gasteiger partial charge on any atom is -0.291 e. The highest BCUT2D eigenvalue weighted by Crippen LogP contribution is 2.15. The molecule has 0 fully saturated rings. The predicted octanol–water partition coefficient (Wildman–Crippen LogP) is 5.20. The highest BCUT2D eigenvalue weighted by molar-refractivity contribution is 5.23. The van der Waals surface area contributed by atoms with Gasteiger partial charge in [-0.25, -0.2) is 0 Å². The van der Waals surface area contributed by atoms with E-state index in [4.69, 9.17) is 0 Å². The third-order valence-corrected chi connectivity index (χ3v) is 3.99. The van der Waals surface area contributed by atoms with E-state index in [1.165, 1.54) is 22.3 Å². The van der Waals surface area contributed by atoms with Crippen molar-refractivity contribution in [2.24, 2.45) is 0 Å². The van der Waals surface area contributed by atoms with Gasteiger partial charge < -0.3 is 0 Å². The topological polar surface area (TPSA) is 3.24 Å². The Kier molecular flexibility index (Phi) is 5.23. The molecule has 0 unspecified atom stereocenters. The molecule has 0 aromatic heterocycles. The molecular formula is C22H23N. The summed E-state index contributed by atoms with van der Waals surface area (Å²) in [5.41, 5.74) is 5.41. The fourth-order valence-electron chi connectivity index (χ4n) is 2.92. The van der Waals surface area contributed by atoms with E-state index in [9.17, 15) is 0 Å². The van der Waals surface area contributed by atoms with E-state index >= 15 is 0 Å². The first-order chi connectivity index (χ1) is 11.3. The van der Waals surface area contributed by atoms with Gasteiger partial charge in [0.05, 0.1) is 0 Å². The van der Waals surface area contributed by atoms with Gasteiger partial charge in [-0.2, -0.15) is 0 Å². The van der Waals surface area contributed by atoms with Crippen LogP contribution in [0.2, 0.25) is 0 Å². The van der Waals surface area contributed by atoms with Crippen molar-refractivity contribution < 1.29 is 0 Å². The predicted molar refractivity (Wildman–Crippen MR) is 97.0 cm³/mol. The van der Waals surface area contributed by atoms with Crippen LogP contribution in [0.25, 0.3) is 0 Å². The van der Waals surface area contributed by atoms with Crippen molar-refractivity contribution in [1.29, 1.82) is 0 Å². The molecule has 3 rings (SSSR count). The smallest absolute Gasteiger partial charge is 0.0240 e. The number of hydrogen-bond acceptors (Lipinski definition) is 1. The van der Waals surface area contributed by atoms with Crippen LogP contribution >= 0.6 is 0 Å². The molecule has 0 saturated heterocycles. The van der Waals surface area contributed by atoms with E-state index in [1.54, 1.807) is 0 Å². The van der Waals surface area contributed by atoms with Gasteiger partial charge in [-0.1, -0.05) is 90.5 Å². The molecule has 116 valence electrons. The van der Waals surface area contributed by atoms with Gasteiger partial charge in [0.15, 0.2) is 0 Å². The van der Waals surface area contributed by atoms with Gasteiger partial charge in [0.25, 0.3) is 0 Å². The highest BCUT2D eigenvalue weighted by Gasteiger charge is 2.08. The maximum absolute atomic E-state index is 2.50. The Balaban J connectivity index is 1.77. The molecule has 1 heteroatoms. The van der Waals surface area contributed by atoms with Crippen LogP contribution in [-0.4, -0.2) is 4.90 Å². The summed E-state index contributed by atoms with van der Waals surface area (Å²) in [4.78, 5) is 2.50. The van der Waals surface area contributed by atoms with Crippen molar-refractivity contribution in [3.63, 3.8) is 0 Å². The fraction of sp³-hybridized carbons (Fsp3) is 0.182. The summed E-state index contributed by atoms with van der Waals surface area (Å²) in [6, 6.07) is 30.2. The van der Waals surface area contributed by atoms with Crippen molar-refractivity contribution in [2.45, 2.75) is 26.6 Å². The van der Waals surface area contributed by atoms with Gasteiger partial charge in [0, 0.05) is 19.6 Å². The number of nitrogens with zero attached hydrogens (tertiary/aromatic N) is 1. The van der Waals surface area contributed by atoms with E-state index in [1.807, 2.05) is 0 Å². The molecule has 0 atom stereocenters. The lowest BCUT2D eigenvalue weighted by atomic mass is 10.1. The van der Waals surface area contributed by atoms with E-state index < -0.39 is 0 Å². The lowest BCUT2D eigenvalue weighted by Crippen LogP contribution is -2.22. The lowest BCUT2D eigenvalue weighted by Gasteiger charge is -2.23. The Morgan fingerprint density at radius 3 is 1.57 bits per heavy atom. The molecule has 0 aliphatic carbocycles. The first-order valence-corrected chi connectivity index (χ1v) is 8.15. The van der Waals surface area contributed by atoms with Gasteiger partial charge in [-0.3, -0.25) is 4.90 Å². The second-order valence-electron chi connectivity index (χ2n) is 6.11. The zero-order valence-corrected chi connectivity index (χ0v) is 13.7. The molecule has 0 aliphatic heterocycles. The third-order valence-electron chi connectivity index (χ3n) is 3.99. The molecule has 0 saturated carbocycles. The summed E-state index contributed by atoms with van der Waals surface area (Å²) in [7, 11) is 0. The molecule has 0 aliphatic rings. The molecule has 0 spiro atoms. The number of rotatable bonds is 6. The average molecular weight is 301 g/mol. The molecular weight excluding hydrogens is 278 g/mol. The number of hydrogen-bond donors (Lipinski definition) is 0. The van der Waals surface area contributed by atoms with Crippen LogP contribution in [0, 0.1) is 6.92 Å². The largest absolute Gasteiger partial charge is 0.291 e. The highest BCUT2D eigenvalue weighted by atomic mass is 15.1. The molecule has 3 aromatic carbocycles. The summed E-state index contributed by atoms with van der Waals surface area (Å²) in [5.74, 6) is 0. The van der Waals surface area contributed by atoms with Crippen LogP contribution < -0.4 is 0 Å². The Bertz CT molecular complexity index is 678. The molecule has 3 aromatic rings. The van der Waals surface area contributed by atoms with Crippen LogP contribution in [0.3, 0.4) is 0 Å². The maximum atomic E-state index is 2.50. The molecule has 0 bridgehead atoms. The summed E-state index contributed by atoms with van der Waals surface area (Å²) in [6.45, 7) is 5.04. The third kappa shape index (κ3) is 4.80. The van der Waals surface area contributed by atoms with Crippen molar-refractivity contribution in [1.82, 2.24) is 4.90 Å². The Labute approximate surface area is 139 Å². The zero-order valence-electron chi connectivity index (χ0n) is 13.7. The Morgan fingerprint density at radius 2 is 1.04 bits per heavy atom. The lowest BCUT2D eigenvalue weighted by molar-refractivity contribution is 0.247. The number of benzene rings is 3. The van der Waals surface area contributed by atoms with Gasteiger partial charge in [-0.15, -0.1) is 0 Å². The molecule has 0 radical (unpaired) electrons. The average Bonchev–Trinajstić information content (AvgIpc) is 2.57. The van der Waals surface area contributed by atoms with Crippen LogP contribution in [0.1, 0.15) is 22.3 Å². The molecule has 23 heavy (non-hydrogen) atoms. The van der Waals surface area contributed by atoms with Crippen molar-refractivity contribution in [3.05, 3.63) is 107 Å². The summed E-state index contributed by atoms with van der Waals surface area (Å²) < 4.78 is 0. The van der Waals surface area contributed by atoms with Gasteiger partial charge >= 0.3 is 0 Å². The van der Waals surface area contributed by atoms with Gasteiger partial charge in [0.1, 0.15) is 0 Å². The normalized spacial score (nSPS) is 10.9. The second-order valence-corrected chi connectivity index (χ2v) is 6.11. The summed E-state index contributed by atoms with van der Waals surface area (Å²) >= 11 is 0. The van der Waals surface area contributed by atoms with E-state index in [0.717, 1.165) is 19.6 Å². The van der Waals surface area contributed by atoms with Crippen molar-refractivity contribution >= 4 is 0 Å². The number of aryl methyl sites for hydroxylation is 1. The molecule has 1 nitrogen and oxygen atoms in total. The van der Waals surface area contributed by atoms with Crippen LogP contribution in [-0.2, 0) is 19.6 Å². The van der Waals surface area contributed by atoms with Crippen molar-refractivity contribution in [2.75, 3.05) is 0 Å². The van der Waals surface area contributed by atoms with Crippen LogP contribution in [0.4, 0.5) is 0 Å². The Hall–Kier alpha value is -2.38. The quantitative estimate of drug-likeness (QED) is 0.605. The first kappa shape index (κ1) is 15.5. The van der Waals surface area contributed by atoms with E-state index in [2.05, 4.69) is 96.8 Å².